The molecule has 3 heterocycles. The molecule has 23 heavy (non-hydrogen) atoms. The van der Waals surface area contributed by atoms with Gasteiger partial charge in [0.1, 0.15) is 17.6 Å². The van der Waals surface area contributed by atoms with Crippen LogP contribution in [0.4, 0.5) is 0 Å². The number of carbonyl (C=O) groups is 1. The Morgan fingerprint density at radius 3 is 3.04 bits per heavy atom. The van der Waals surface area contributed by atoms with E-state index >= 15 is 0 Å². The Bertz CT molecular complexity index is 718. The Morgan fingerprint density at radius 1 is 1.35 bits per heavy atom. The summed E-state index contributed by atoms with van der Waals surface area (Å²) in [6, 6.07) is 3.67. The molecular formula is C17H21N3O3. The van der Waals surface area contributed by atoms with Crippen LogP contribution in [-0.2, 0) is 17.6 Å². The zero-order chi connectivity index (χ0) is 15.8. The summed E-state index contributed by atoms with van der Waals surface area (Å²) in [6.45, 7) is 3.48. The van der Waals surface area contributed by atoms with Crippen molar-refractivity contribution in [1.29, 1.82) is 0 Å². The van der Waals surface area contributed by atoms with Crippen LogP contribution >= 0.6 is 0 Å². The number of hydrogen-bond donors (Lipinski definition) is 1. The highest BCUT2D eigenvalue weighted by atomic mass is 16.5. The predicted octanol–water partition coefficient (Wildman–Crippen LogP) is 2.40. The molecule has 4 rings (SSSR count). The number of furan rings is 1. The molecule has 1 unspecified atom stereocenters. The monoisotopic (exact) mass is 315 g/mol. The van der Waals surface area contributed by atoms with Gasteiger partial charge in [0.15, 0.2) is 5.69 Å². The molecule has 2 aromatic rings. The van der Waals surface area contributed by atoms with Gasteiger partial charge in [-0.1, -0.05) is 0 Å². The van der Waals surface area contributed by atoms with Crippen LogP contribution in [0.5, 0.6) is 0 Å². The van der Waals surface area contributed by atoms with E-state index in [0.29, 0.717) is 25.5 Å². The third kappa shape index (κ3) is 2.57. The minimum atomic E-state index is -0.180. The molecule has 1 aliphatic carbocycles. The van der Waals surface area contributed by atoms with Crippen LogP contribution in [-0.4, -0.2) is 40.8 Å². The number of carbonyl (C=O) groups excluding carboxylic acids is 1. The van der Waals surface area contributed by atoms with Gasteiger partial charge in [-0.2, -0.15) is 5.10 Å². The van der Waals surface area contributed by atoms with E-state index in [2.05, 4.69) is 10.2 Å². The molecule has 0 radical (unpaired) electrons. The summed E-state index contributed by atoms with van der Waals surface area (Å²) in [5.41, 5.74) is 2.80. The number of hydrogen-bond acceptors (Lipinski definition) is 4. The predicted molar refractivity (Wildman–Crippen MR) is 83.3 cm³/mol. The number of nitrogens with one attached hydrogen (secondary N) is 1. The standard InChI is InChI=1S/C17H21N3O3/c1-11-6-7-15(23-11)14-10-22-9-8-20(14)17(21)16-12-4-2-3-5-13(12)18-19-16/h6-7,14H,2-5,8-10H2,1H3,(H,18,19). The number of H-pyrrole nitrogens is 1. The molecule has 0 aromatic carbocycles. The zero-order valence-electron chi connectivity index (χ0n) is 13.3. The number of aromatic nitrogens is 2. The van der Waals surface area contributed by atoms with Gasteiger partial charge < -0.3 is 14.1 Å². The van der Waals surface area contributed by atoms with Crippen molar-refractivity contribution in [3.05, 3.63) is 40.6 Å². The first kappa shape index (κ1) is 14.5. The average Bonchev–Trinajstić information content (AvgIpc) is 3.20. The number of morpholine rings is 1. The second-order valence-corrected chi connectivity index (χ2v) is 6.27. The molecule has 0 bridgehead atoms. The molecule has 2 aromatic heterocycles. The number of nitrogens with zero attached hydrogens (tertiary/aromatic N) is 2. The largest absolute Gasteiger partial charge is 0.464 e. The van der Waals surface area contributed by atoms with Gasteiger partial charge in [0.25, 0.3) is 5.91 Å². The van der Waals surface area contributed by atoms with Gasteiger partial charge in [-0.3, -0.25) is 9.89 Å². The molecule has 1 amide bonds. The smallest absolute Gasteiger partial charge is 0.275 e. The van der Waals surface area contributed by atoms with E-state index in [0.717, 1.165) is 48.5 Å². The summed E-state index contributed by atoms with van der Waals surface area (Å²) in [4.78, 5) is 14.9. The molecule has 6 heteroatoms. The molecule has 122 valence electrons. The minimum absolute atomic E-state index is 0.0215. The number of fused-ring (bicyclic) bond motifs is 1. The number of ether oxygens (including phenoxy) is 1. The Balaban J connectivity index is 1.64. The normalized spacial score (nSPS) is 21.3. The maximum absolute atomic E-state index is 13.1. The van der Waals surface area contributed by atoms with Gasteiger partial charge in [0, 0.05) is 17.8 Å². The second kappa shape index (κ2) is 5.85. The highest BCUT2D eigenvalue weighted by molar-refractivity contribution is 5.94. The number of rotatable bonds is 2. The van der Waals surface area contributed by atoms with Crippen LogP contribution in [0, 0.1) is 6.92 Å². The van der Waals surface area contributed by atoms with Crippen molar-refractivity contribution < 1.29 is 13.9 Å². The van der Waals surface area contributed by atoms with E-state index in [-0.39, 0.29) is 11.9 Å². The van der Waals surface area contributed by atoms with Gasteiger partial charge in [0.2, 0.25) is 0 Å². The lowest BCUT2D eigenvalue weighted by atomic mass is 9.95. The Hall–Kier alpha value is -2.08. The molecule has 1 fully saturated rings. The van der Waals surface area contributed by atoms with Crippen LogP contribution in [0.15, 0.2) is 16.5 Å². The zero-order valence-corrected chi connectivity index (χ0v) is 13.3. The number of aromatic amines is 1. The molecule has 1 saturated heterocycles. The summed E-state index contributed by atoms with van der Waals surface area (Å²) >= 11 is 0. The van der Waals surface area contributed by atoms with Crippen LogP contribution in [0.3, 0.4) is 0 Å². The number of aryl methyl sites for hydroxylation is 2. The lowest BCUT2D eigenvalue weighted by Gasteiger charge is -2.34. The molecule has 1 N–H and O–H groups in total. The van der Waals surface area contributed by atoms with Gasteiger partial charge in [-0.05, 0) is 44.7 Å². The summed E-state index contributed by atoms with van der Waals surface area (Å²) < 4.78 is 11.3. The second-order valence-electron chi connectivity index (χ2n) is 6.27. The first-order valence-electron chi connectivity index (χ1n) is 8.25. The van der Waals surface area contributed by atoms with Crippen molar-refractivity contribution in [2.75, 3.05) is 19.8 Å². The van der Waals surface area contributed by atoms with E-state index in [1.54, 1.807) is 0 Å². The third-order valence-corrected chi connectivity index (χ3v) is 4.74. The quantitative estimate of drug-likeness (QED) is 0.924. The first-order chi connectivity index (χ1) is 11.2. The first-order valence-corrected chi connectivity index (χ1v) is 8.25. The van der Waals surface area contributed by atoms with Crippen LogP contribution in [0.1, 0.15) is 52.1 Å². The molecular weight excluding hydrogens is 294 g/mol. The fourth-order valence-electron chi connectivity index (χ4n) is 3.51. The van der Waals surface area contributed by atoms with Crippen molar-refractivity contribution >= 4 is 5.91 Å². The van der Waals surface area contributed by atoms with Crippen molar-refractivity contribution in [3.8, 4) is 0 Å². The fraction of sp³-hybridized carbons (Fsp3) is 0.529. The molecule has 0 spiro atoms. The van der Waals surface area contributed by atoms with Crippen molar-refractivity contribution in [3.63, 3.8) is 0 Å². The lowest BCUT2D eigenvalue weighted by Crippen LogP contribution is -2.43. The van der Waals surface area contributed by atoms with Crippen molar-refractivity contribution in [1.82, 2.24) is 15.1 Å². The molecule has 1 atom stereocenters. The molecule has 2 aliphatic rings. The Labute approximate surface area is 134 Å². The Kier molecular flexibility index (Phi) is 3.69. The minimum Gasteiger partial charge on any atom is -0.464 e. The summed E-state index contributed by atoms with van der Waals surface area (Å²) in [5.74, 6) is 1.60. The van der Waals surface area contributed by atoms with Crippen LogP contribution in [0.2, 0.25) is 0 Å². The Morgan fingerprint density at radius 2 is 2.22 bits per heavy atom. The number of amides is 1. The highest BCUT2D eigenvalue weighted by Crippen LogP contribution is 2.29. The lowest BCUT2D eigenvalue weighted by molar-refractivity contribution is -0.00930. The topological polar surface area (TPSA) is 71.4 Å². The van der Waals surface area contributed by atoms with Crippen molar-refractivity contribution in [2.24, 2.45) is 0 Å². The average molecular weight is 315 g/mol. The van der Waals surface area contributed by atoms with Crippen LogP contribution < -0.4 is 0 Å². The SMILES string of the molecule is Cc1ccc(C2COCCN2C(=O)c2n[nH]c3c2CCCC3)o1. The van der Waals surface area contributed by atoms with Gasteiger partial charge in [-0.25, -0.2) is 0 Å². The van der Waals surface area contributed by atoms with Crippen molar-refractivity contribution in [2.45, 2.75) is 38.6 Å². The molecule has 0 saturated carbocycles. The van der Waals surface area contributed by atoms with Gasteiger partial charge >= 0.3 is 0 Å². The van der Waals surface area contributed by atoms with E-state index in [4.69, 9.17) is 9.15 Å². The third-order valence-electron chi connectivity index (χ3n) is 4.74. The van der Waals surface area contributed by atoms with E-state index in [9.17, 15) is 4.79 Å². The molecule has 6 nitrogen and oxygen atoms in total. The summed E-state index contributed by atoms with van der Waals surface area (Å²) in [7, 11) is 0. The van der Waals surface area contributed by atoms with Gasteiger partial charge in [-0.15, -0.1) is 0 Å². The maximum Gasteiger partial charge on any atom is 0.275 e. The van der Waals surface area contributed by atoms with E-state index < -0.39 is 0 Å². The summed E-state index contributed by atoms with van der Waals surface area (Å²) in [6.07, 6.45) is 4.20. The fourth-order valence-corrected chi connectivity index (χ4v) is 3.51. The van der Waals surface area contributed by atoms with Gasteiger partial charge in [0.05, 0.1) is 13.2 Å². The summed E-state index contributed by atoms with van der Waals surface area (Å²) in [5, 5.41) is 7.37. The van der Waals surface area contributed by atoms with Crippen LogP contribution in [0.25, 0.3) is 0 Å². The van der Waals surface area contributed by atoms with E-state index in [1.807, 2.05) is 24.0 Å². The van der Waals surface area contributed by atoms with E-state index in [1.165, 1.54) is 0 Å². The molecule has 1 aliphatic heterocycles. The maximum atomic E-state index is 13.1. The highest BCUT2D eigenvalue weighted by Gasteiger charge is 2.34.